The van der Waals surface area contributed by atoms with Crippen LogP contribution < -0.4 is 0 Å². The molecule has 0 radical (unpaired) electrons. The van der Waals surface area contributed by atoms with Crippen molar-refractivity contribution in [2.24, 2.45) is 0 Å². The second-order valence-corrected chi connectivity index (χ2v) is 5.93. The van der Waals surface area contributed by atoms with E-state index in [9.17, 15) is 5.11 Å². The number of ether oxygens (including phenoxy) is 2. The van der Waals surface area contributed by atoms with Crippen LogP contribution in [0.15, 0.2) is 16.8 Å². The molecule has 5 heteroatoms. The zero-order valence-electron chi connectivity index (χ0n) is 11.5. The van der Waals surface area contributed by atoms with Crippen LogP contribution >= 0.6 is 11.3 Å². The van der Waals surface area contributed by atoms with Gasteiger partial charge in [-0.2, -0.15) is 11.3 Å². The van der Waals surface area contributed by atoms with E-state index in [0.717, 1.165) is 26.0 Å². The smallest absolute Gasteiger partial charge is 0.0900 e. The molecular formula is C14H23NO3S. The van der Waals surface area contributed by atoms with E-state index < -0.39 is 6.10 Å². The second kappa shape index (κ2) is 7.97. The van der Waals surface area contributed by atoms with Gasteiger partial charge in [-0.1, -0.05) is 0 Å². The zero-order valence-corrected chi connectivity index (χ0v) is 12.3. The summed E-state index contributed by atoms with van der Waals surface area (Å²) in [7, 11) is 2.01. The molecule has 0 saturated carbocycles. The van der Waals surface area contributed by atoms with E-state index in [1.54, 1.807) is 11.3 Å². The maximum atomic E-state index is 9.92. The molecule has 1 aliphatic heterocycles. The van der Waals surface area contributed by atoms with Crippen LogP contribution in [0.25, 0.3) is 0 Å². The predicted molar refractivity (Wildman–Crippen MR) is 76.5 cm³/mol. The van der Waals surface area contributed by atoms with E-state index >= 15 is 0 Å². The maximum absolute atomic E-state index is 9.92. The molecule has 0 aliphatic carbocycles. The summed E-state index contributed by atoms with van der Waals surface area (Å²) in [6, 6.07) is 2.11. The number of aliphatic hydroxyl groups excluding tert-OH is 1. The van der Waals surface area contributed by atoms with E-state index in [4.69, 9.17) is 9.47 Å². The fourth-order valence-electron chi connectivity index (χ4n) is 2.28. The van der Waals surface area contributed by atoms with Crippen molar-refractivity contribution in [3.8, 4) is 0 Å². The number of aliphatic hydroxyl groups is 1. The van der Waals surface area contributed by atoms with Crippen molar-refractivity contribution in [1.29, 1.82) is 0 Å². The summed E-state index contributed by atoms with van der Waals surface area (Å²) in [6.45, 7) is 3.33. The summed E-state index contributed by atoms with van der Waals surface area (Å²) in [5, 5.41) is 14.1. The Hall–Kier alpha value is -0.460. The van der Waals surface area contributed by atoms with Gasteiger partial charge in [-0.3, -0.25) is 4.90 Å². The van der Waals surface area contributed by atoms with Crippen LogP contribution in [0.2, 0.25) is 0 Å². The number of rotatable bonds is 8. The van der Waals surface area contributed by atoms with Crippen LogP contribution in [0, 0.1) is 0 Å². The van der Waals surface area contributed by atoms with Crippen molar-refractivity contribution < 1.29 is 14.6 Å². The van der Waals surface area contributed by atoms with Crippen molar-refractivity contribution in [2.75, 3.05) is 33.4 Å². The predicted octanol–water partition coefficient (Wildman–Crippen LogP) is 1.74. The standard InChI is InChI=1S/C14H23NO3S/c1-15(7-12-4-6-19-11-12)8-13(16)9-17-10-14-3-2-5-18-14/h4,6,11,13-14,16H,2-3,5,7-10H2,1H3. The van der Waals surface area contributed by atoms with Gasteiger partial charge in [-0.25, -0.2) is 0 Å². The lowest BCUT2D eigenvalue weighted by Crippen LogP contribution is -2.32. The topological polar surface area (TPSA) is 41.9 Å². The molecule has 1 aromatic heterocycles. The van der Waals surface area contributed by atoms with Crippen LogP contribution in [0.4, 0.5) is 0 Å². The van der Waals surface area contributed by atoms with Gasteiger partial charge in [0.25, 0.3) is 0 Å². The third kappa shape index (κ3) is 5.58. The third-order valence-corrected chi connectivity index (χ3v) is 3.93. The lowest BCUT2D eigenvalue weighted by molar-refractivity contribution is -0.0238. The Morgan fingerprint density at radius 2 is 2.53 bits per heavy atom. The quantitative estimate of drug-likeness (QED) is 0.790. The highest BCUT2D eigenvalue weighted by atomic mass is 32.1. The fourth-order valence-corrected chi connectivity index (χ4v) is 2.94. The Kier molecular flexibility index (Phi) is 6.26. The van der Waals surface area contributed by atoms with E-state index in [-0.39, 0.29) is 6.10 Å². The van der Waals surface area contributed by atoms with Crippen LogP contribution in [-0.4, -0.2) is 55.6 Å². The molecule has 0 aromatic carbocycles. The molecule has 2 heterocycles. The first kappa shape index (κ1) is 14.9. The Balaban J connectivity index is 1.56. The van der Waals surface area contributed by atoms with Gasteiger partial charge in [0.15, 0.2) is 0 Å². The van der Waals surface area contributed by atoms with Crippen molar-refractivity contribution in [3.63, 3.8) is 0 Å². The highest BCUT2D eigenvalue weighted by Gasteiger charge is 2.16. The average Bonchev–Trinajstić information content (AvgIpc) is 3.01. The molecule has 2 unspecified atom stereocenters. The first-order chi connectivity index (χ1) is 9.24. The van der Waals surface area contributed by atoms with Crippen LogP contribution in [0.1, 0.15) is 18.4 Å². The molecule has 1 fully saturated rings. The molecule has 0 spiro atoms. The van der Waals surface area contributed by atoms with Gasteiger partial charge in [-0.15, -0.1) is 0 Å². The summed E-state index contributed by atoms with van der Waals surface area (Å²) < 4.78 is 11.0. The molecule has 2 atom stereocenters. The second-order valence-electron chi connectivity index (χ2n) is 5.15. The Bertz CT molecular complexity index is 338. The normalized spacial score (nSPS) is 21.1. The number of hydrogen-bond donors (Lipinski definition) is 1. The Morgan fingerprint density at radius 3 is 3.21 bits per heavy atom. The van der Waals surface area contributed by atoms with Crippen LogP contribution in [0.5, 0.6) is 0 Å². The van der Waals surface area contributed by atoms with Gasteiger partial charge >= 0.3 is 0 Å². The number of thiophene rings is 1. The first-order valence-corrected chi connectivity index (χ1v) is 7.75. The SMILES string of the molecule is CN(Cc1ccsc1)CC(O)COCC1CCCO1. The summed E-state index contributed by atoms with van der Waals surface area (Å²) >= 11 is 1.70. The van der Waals surface area contributed by atoms with Gasteiger partial charge in [-0.05, 0) is 42.3 Å². The van der Waals surface area contributed by atoms with Gasteiger partial charge in [0, 0.05) is 19.7 Å². The Morgan fingerprint density at radius 1 is 1.63 bits per heavy atom. The molecule has 4 nitrogen and oxygen atoms in total. The van der Waals surface area contributed by atoms with Crippen molar-refractivity contribution >= 4 is 11.3 Å². The molecule has 0 amide bonds. The van der Waals surface area contributed by atoms with Gasteiger partial charge in [0.2, 0.25) is 0 Å². The third-order valence-electron chi connectivity index (χ3n) is 3.19. The summed E-state index contributed by atoms with van der Waals surface area (Å²) in [5.41, 5.74) is 1.29. The van der Waals surface area contributed by atoms with E-state index in [1.165, 1.54) is 5.56 Å². The summed E-state index contributed by atoms with van der Waals surface area (Å²) in [4.78, 5) is 2.11. The lowest BCUT2D eigenvalue weighted by Gasteiger charge is -2.20. The van der Waals surface area contributed by atoms with Crippen LogP contribution in [-0.2, 0) is 16.0 Å². The number of likely N-dealkylation sites (N-methyl/N-ethyl adjacent to an activating group) is 1. The summed E-state index contributed by atoms with van der Waals surface area (Å²) in [5.74, 6) is 0. The summed E-state index contributed by atoms with van der Waals surface area (Å²) in [6.07, 6.45) is 1.99. The Labute approximate surface area is 118 Å². The molecule has 1 saturated heterocycles. The minimum atomic E-state index is -0.440. The van der Waals surface area contributed by atoms with E-state index in [1.807, 2.05) is 7.05 Å². The van der Waals surface area contributed by atoms with Gasteiger partial charge < -0.3 is 14.6 Å². The molecule has 1 N–H and O–H groups in total. The lowest BCUT2D eigenvalue weighted by atomic mass is 10.2. The largest absolute Gasteiger partial charge is 0.389 e. The van der Waals surface area contributed by atoms with Crippen molar-refractivity contribution in [1.82, 2.24) is 4.90 Å². The molecule has 19 heavy (non-hydrogen) atoms. The van der Waals surface area contributed by atoms with Crippen molar-refractivity contribution in [2.45, 2.75) is 31.6 Å². The number of hydrogen-bond acceptors (Lipinski definition) is 5. The van der Waals surface area contributed by atoms with Crippen molar-refractivity contribution in [3.05, 3.63) is 22.4 Å². The minimum Gasteiger partial charge on any atom is -0.389 e. The first-order valence-electron chi connectivity index (χ1n) is 6.81. The van der Waals surface area contributed by atoms with Crippen LogP contribution in [0.3, 0.4) is 0 Å². The monoisotopic (exact) mass is 285 g/mol. The number of nitrogens with zero attached hydrogens (tertiary/aromatic N) is 1. The van der Waals surface area contributed by atoms with E-state index in [2.05, 4.69) is 21.7 Å². The van der Waals surface area contributed by atoms with Gasteiger partial charge in [0.05, 0.1) is 25.4 Å². The molecule has 1 aliphatic rings. The molecular weight excluding hydrogens is 262 g/mol. The highest BCUT2D eigenvalue weighted by molar-refractivity contribution is 7.07. The fraction of sp³-hybridized carbons (Fsp3) is 0.714. The average molecular weight is 285 g/mol. The maximum Gasteiger partial charge on any atom is 0.0900 e. The van der Waals surface area contributed by atoms with E-state index in [0.29, 0.717) is 19.8 Å². The molecule has 2 rings (SSSR count). The molecule has 1 aromatic rings. The highest BCUT2D eigenvalue weighted by Crippen LogP contribution is 2.12. The zero-order chi connectivity index (χ0) is 13.5. The van der Waals surface area contributed by atoms with Gasteiger partial charge in [0.1, 0.15) is 0 Å². The molecule has 0 bridgehead atoms. The minimum absolute atomic E-state index is 0.232. The molecule has 108 valence electrons.